The molecular weight excluding hydrogens is 492 g/mol. The van der Waals surface area contributed by atoms with E-state index in [-0.39, 0.29) is 18.6 Å². The van der Waals surface area contributed by atoms with Gasteiger partial charge in [-0.05, 0) is 49.6 Å². The molecule has 2 aromatic rings. The second-order valence-corrected chi connectivity index (χ2v) is 9.83. The first-order valence-electron chi connectivity index (χ1n) is 10.9. The quantitative estimate of drug-likeness (QED) is 0.337. The number of thioether (sulfide) groups is 1. The smallest absolute Gasteiger partial charge is 0.266 e. The molecule has 34 heavy (non-hydrogen) atoms. The zero-order chi connectivity index (χ0) is 24.1. The van der Waals surface area contributed by atoms with Crippen LogP contribution in [0.4, 0.5) is 0 Å². The molecule has 0 aliphatic carbocycles. The van der Waals surface area contributed by atoms with E-state index in [4.69, 9.17) is 38.0 Å². The summed E-state index contributed by atoms with van der Waals surface area (Å²) in [6, 6.07) is 12.9. The molecular formula is C25H23ClN2O4S2. The average molecular weight is 515 g/mol. The zero-order valence-electron chi connectivity index (χ0n) is 18.6. The highest BCUT2D eigenvalue weighted by Crippen LogP contribution is 2.40. The average Bonchev–Trinajstić information content (AvgIpc) is 3.43. The van der Waals surface area contributed by atoms with Crippen molar-refractivity contribution in [2.45, 2.75) is 32.5 Å². The van der Waals surface area contributed by atoms with Crippen LogP contribution in [0.5, 0.6) is 11.5 Å². The number of ether oxygens (including phenoxy) is 3. The first-order chi connectivity index (χ1) is 16.5. The summed E-state index contributed by atoms with van der Waals surface area (Å²) in [5, 5.41) is 9.66. The van der Waals surface area contributed by atoms with E-state index in [1.54, 1.807) is 35.2 Å². The van der Waals surface area contributed by atoms with Crippen molar-refractivity contribution < 1.29 is 19.0 Å². The van der Waals surface area contributed by atoms with Gasteiger partial charge >= 0.3 is 0 Å². The highest BCUT2D eigenvalue weighted by Gasteiger charge is 2.34. The Morgan fingerprint density at radius 1 is 1.35 bits per heavy atom. The van der Waals surface area contributed by atoms with Crippen LogP contribution >= 0.6 is 35.6 Å². The van der Waals surface area contributed by atoms with Crippen LogP contribution in [0.2, 0.25) is 5.02 Å². The third-order valence-corrected chi connectivity index (χ3v) is 7.08. The van der Waals surface area contributed by atoms with Gasteiger partial charge in [-0.15, -0.1) is 0 Å². The summed E-state index contributed by atoms with van der Waals surface area (Å²) in [5.74, 6) is 0.720. The second-order valence-electron chi connectivity index (χ2n) is 7.75. The van der Waals surface area contributed by atoms with Crippen molar-refractivity contribution in [2.75, 3.05) is 19.8 Å². The maximum absolute atomic E-state index is 13.0. The number of halogens is 1. The van der Waals surface area contributed by atoms with Gasteiger partial charge in [0.2, 0.25) is 0 Å². The molecule has 2 heterocycles. The molecule has 2 aliphatic rings. The van der Waals surface area contributed by atoms with E-state index in [9.17, 15) is 10.1 Å². The van der Waals surface area contributed by atoms with Crippen LogP contribution in [0.1, 0.15) is 36.5 Å². The highest BCUT2D eigenvalue weighted by molar-refractivity contribution is 8.26. The van der Waals surface area contributed by atoms with Gasteiger partial charge < -0.3 is 14.2 Å². The van der Waals surface area contributed by atoms with Crippen molar-refractivity contribution in [1.82, 2.24) is 4.90 Å². The van der Waals surface area contributed by atoms with E-state index in [1.165, 1.54) is 11.8 Å². The first kappa shape index (κ1) is 24.6. The lowest BCUT2D eigenvalue weighted by atomic mass is 10.1. The van der Waals surface area contributed by atoms with E-state index in [0.717, 1.165) is 25.0 Å². The Bertz CT molecular complexity index is 1170. The van der Waals surface area contributed by atoms with Crippen LogP contribution in [0.15, 0.2) is 41.3 Å². The van der Waals surface area contributed by atoms with Gasteiger partial charge in [0, 0.05) is 12.2 Å². The summed E-state index contributed by atoms with van der Waals surface area (Å²) in [7, 11) is 0. The van der Waals surface area contributed by atoms with Crippen molar-refractivity contribution in [3.63, 3.8) is 0 Å². The lowest BCUT2D eigenvalue weighted by Crippen LogP contribution is -2.35. The van der Waals surface area contributed by atoms with E-state index in [0.29, 0.717) is 50.0 Å². The van der Waals surface area contributed by atoms with Crippen molar-refractivity contribution in [3.05, 3.63) is 63.0 Å². The van der Waals surface area contributed by atoms with Crippen LogP contribution in [0.3, 0.4) is 0 Å². The summed E-state index contributed by atoms with van der Waals surface area (Å²) >= 11 is 13.3. The molecule has 2 saturated heterocycles. The first-order valence-corrected chi connectivity index (χ1v) is 12.5. The lowest BCUT2D eigenvalue weighted by Gasteiger charge is -2.18. The van der Waals surface area contributed by atoms with E-state index < -0.39 is 0 Å². The van der Waals surface area contributed by atoms with Crippen molar-refractivity contribution in [1.29, 1.82) is 5.26 Å². The molecule has 4 rings (SSSR count). The van der Waals surface area contributed by atoms with Crippen molar-refractivity contribution in [2.24, 2.45) is 0 Å². The number of benzene rings is 2. The maximum atomic E-state index is 13.0. The molecule has 0 spiro atoms. The Morgan fingerprint density at radius 2 is 2.18 bits per heavy atom. The van der Waals surface area contributed by atoms with Gasteiger partial charge in [0.15, 0.2) is 11.5 Å². The molecule has 176 valence electrons. The number of carbonyl (C=O) groups excluding carboxylic acids is 1. The van der Waals surface area contributed by atoms with Gasteiger partial charge in [-0.25, -0.2) is 0 Å². The Kier molecular flexibility index (Phi) is 8.11. The minimum Gasteiger partial charge on any atom is -0.490 e. The number of nitrogens with zero attached hydrogens (tertiary/aromatic N) is 2. The zero-order valence-corrected chi connectivity index (χ0v) is 21.0. The van der Waals surface area contributed by atoms with Gasteiger partial charge in [0.05, 0.1) is 40.8 Å². The summed E-state index contributed by atoms with van der Waals surface area (Å²) in [6.45, 7) is 3.65. The van der Waals surface area contributed by atoms with Crippen molar-refractivity contribution in [3.8, 4) is 17.6 Å². The van der Waals surface area contributed by atoms with Crippen LogP contribution < -0.4 is 9.47 Å². The summed E-state index contributed by atoms with van der Waals surface area (Å²) in [4.78, 5) is 15.1. The van der Waals surface area contributed by atoms with Gasteiger partial charge in [0.1, 0.15) is 10.9 Å². The SMILES string of the molecule is CCOc1cc(/C=C2\SC(=S)N(C[C@@H]3CCCO3)C2=O)cc(Cl)c1OCc1ccccc1C#N. The summed E-state index contributed by atoms with van der Waals surface area (Å²) in [6.07, 6.45) is 3.73. The van der Waals surface area contributed by atoms with Gasteiger partial charge in [-0.2, -0.15) is 5.26 Å². The largest absolute Gasteiger partial charge is 0.490 e. The molecule has 2 fully saturated rings. The molecule has 0 saturated carbocycles. The summed E-state index contributed by atoms with van der Waals surface area (Å²) in [5.41, 5.74) is 2.00. The third-order valence-electron chi connectivity index (χ3n) is 5.42. The highest BCUT2D eigenvalue weighted by atomic mass is 35.5. The molecule has 1 amide bonds. The van der Waals surface area contributed by atoms with Crippen molar-refractivity contribution >= 4 is 51.9 Å². The molecule has 0 unspecified atom stereocenters. The second kappa shape index (κ2) is 11.2. The molecule has 0 bridgehead atoms. The number of thiocarbonyl (C=S) groups is 1. The monoisotopic (exact) mass is 514 g/mol. The summed E-state index contributed by atoms with van der Waals surface area (Å²) < 4.78 is 17.9. The van der Waals surface area contributed by atoms with E-state index in [1.807, 2.05) is 19.1 Å². The number of nitriles is 1. The van der Waals surface area contributed by atoms with Gasteiger partial charge in [0.25, 0.3) is 5.91 Å². The third kappa shape index (κ3) is 5.56. The van der Waals surface area contributed by atoms with Crippen LogP contribution in [0, 0.1) is 11.3 Å². The van der Waals surface area contributed by atoms with Crippen LogP contribution in [-0.2, 0) is 16.1 Å². The predicted octanol–water partition coefficient (Wildman–Crippen LogP) is 5.57. The van der Waals surface area contributed by atoms with E-state index >= 15 is 0 Å². The lowest BCUT2D eigenvalue weighted by molar-refractivity contribution is -0.123. The molecule has 1 atom stereocenters. The molecule has 0 radical (unpaired) electrons. The maximum Gasteiger partial charge on any atom is 0.266 e. The minimum absolute atomic E-state index is 0.0310. The Balaban J connectivity index is 1.55. The fraction of sp³-hybridized carbons (Fsp3) is 0.320. The van der Waals surface area contributed by atoms with Crippen LogP contribution in [-0.4, -0.2) is 41.0 Å². The number of hydrogen-bond donors (Lipinski definition) is 0. The number of carbonyl (C=O) groups is 1. The minimum atomic E-state index is -0.131. The van der Waals surface area contributed by atoms with Gasteiger partial charge in [-0.1, -0.05) is 53.8 Å². The number of amides is 1. The molecule has 0 N–H and O–H groups in total. The molecule has 2 aliphatic heterocycles. The number of hydrogen-bond acceptors (Lipinski definition) is 7. The van der Waals surface area contributed by atoms with E-state index in [2.05, 4.69) is 6.07 Å². The Morgan fingerprint density at radius 3 is 2.91 bits per heavy atom. The van der Waals surface area contributed by atoms with Gasteiger partial charge in [-0.3, -0.25) is 9.69 Å². The fourth-order valence-electron chi connectivity index (χ4n) is 3.78. The molecule has 6 nitrogen and oxygen atoms in total. The Labute approximate surface area is 213 Å². The normalized spacial score (nSPS) is 19.0. The van der Waals surface area contributed by atoms with Crippen LogP contribution in [0.25, 0.3) is 6.08 Å². The topological polar surface area (TPSA) is 71.8 Å². The fourth-order valence-corrected chi connectivity index (χ4v) is 5.33. The molecule has 2 aromatic carbocycles. The Hall–Kier alpha value is -2.57. The molecule has 0 aromatic heterocycles. The predicted molar refractivity (Wildman–Crippen MR) is 137 cm³/mol. The number of rotatable bonds is 8. The standard InChI is InChI=1S/C25H23ClN2O4S2/c1-2-30-21-11-16(10-20(26)23(21)32-15-18-7-4-3-6-17(18)13-27)12-22-24(29)28(25(33)34-22)14-19-8-5-9-31-19/h3-4,6-7,10-12,19H,2,5,8-9,14-15H2,1H3/b22-12-/t19-/m0/s1. The molecule has 9 heteroatoms.